The lowest BCUT2D eigenvalue weighted by atomic mass is 10.0. The van der Waals surface area contributed by atoms with Crippen LogP contribution >= 0.6 is 0 Å². The van der Waals surface area contributed by atoms with Crippen LogP contribution in [-0.4, -0.2) is 4.92 Å². The number of non-ortho nitro benzene ring substituents is 1. The normalized spacial score (nSPS) is 11.1. The summed E-state index contributed by atoms with van der Waals surface area (Å²) in [4.78, 5) is 10.3. The SMILES string of the molecule is N#C/C(=C/c1ccc(OCc2ccc([N+](=O)[O-])cc2)cc1)c1ccc2ccccc2c1. The van der Waals surface area contributed by atoms with Crippen molar-refractivity contribution >= 4 is 28.1 Å². The molecule has 0 unspecified atom stereocenters. The number of rotatable bonds is 6. The van der Waals surface area contributed by atoms with E-state index in [2.05, 4.69) is 6.07 Å². The van der Waals surface area contributed by atoms with E-state index in [1.807, 2.05) is 72.8 Å². The Labute approximate surface area is 179 Å². The van der Waals surface area contributed by atoms with Crippen molar-refractivity contribution in [2.45, 2.75) is 6.61 Å². The molecule has 0 saturated carbocycles. The maximum atomic E-state index is 10.7. The van der Waals surface area contributed by atoms with Crippen LogP contribution in [0.5, 0.6) is 5.75 Å². The molecule has 0 radical (unpaired) electrons. The van der Waals surface area contributed by atoms with E-state index in [0.717, 1.165) is 27.5 Å². The average molecular weight is 406 g/mol. The van der Waals surface area contributed by atoms with Crippen molar-refractivity contribution < 1.29 is 9.66 Å². The van der Waals surface area contributed by atoms with E-state index in [-0.39, 0.29) is 5.69 Å². The molecule has 5 heteroatoms. The summed E-state index contributed by atoms with van der Waals surface area (Å²) in [6, 6.07) is 30.1. The molecule has 0 bridgehead atoms. The first kappa shape index (κ1) is 19.9. The fourth-order valence-electron chi connectivity index (χ4n) is 3.24. The van der Waals surface area contributed by atoms with Gasteiger partial charge in [0.15, 0.2) is 0 Å². The second-order valence-corrected chi connectivity index (χ2v) is 7.01. The van der Waals surface area contributed by atoms with Gasteiger partial charge in [-0.2, -0.15) is 5.26 Å². The van der Waals surface area contributed by atoms with Gasteiger partial charge in [0, 0.05) is 12.1 Å². The molecule has 4 rings (SSSR count). The van der Waals surface area contributed by atoms with Crippen LogP contribution in [0.4, 0.5) is 5.69 Å². The van der Waals surface area contributed by atoms with Crippen molar-refractivity contribution in [1.29, 1.82) is 5.26 Å². The summed E-state index contributed by atoms with van der Waals surface area (Å²) in [6.07, 6.45) is 1.85. The van der Waals surface area contributed by atoms with Crippen LogP contribution in [0.25, 0.3) is 22.4 Å². The fourth-order valence-corrected chi connectivity index (χ4v) is 3.24. The molecule has 0 N–H and O–H groups in total. The van der Waals surface area contributed by atoms with Crippen LogP contribution in [0.15, 0.2) is 91.0 Å². The number of nitrogens with zero attached hydrogens (tertiary/aromatic N) is 2. The predicted octanol–water partition coefficient (Wildman–Crippen LogP) is 6.39. The number of hydrogen-bond donors (Lipinski definition) is 0. The Balaban J connectivity index is 1.46. The number of fused-ring (bicyclic) bond motifs is 1. The summed E-state index contributed by atoms with van der Waals surface area (Å²) in [5.41, 5.74) is 3.26. The average Bonchev–Trinajstić information content (AvgIpc) is 2.82. The van der Waals surface area contributed by atoms with E-state index >= 15 is 0 Å². The van der Waals surface area contributed by atoms with Crippen LogP contribution in [-0.2, 0) is 6.61 Å². The topological polar surface area (TPSA) is 76.2 Å². The number of nitro benzene ring substituents is 1. The molecule has 4 aromatic rings. The van der Waals surface area contributed by atoms with E-state index < -0.39 is 4.92 Å². The van der Waals surface area contributed by atoms with Crippen molar-refractivity contribution in [2.24, 2.45) is 0 Å². The summed E-state index contributed by atoms with van der Waals surface area (Å²) >= 11 is 0. The van der Waals surface area contributed by atoms with Crippen LogP contribution in [0.2, 0.25) is 0 Å². The van der Waals surface area contributed by atoms with E-state index in [9.17, 15) is 15.4 Å². The Morgan fingerprint density at radius 2 is 1.65 bits per heavy atom. The maximum absolute atomic E-state index is 10.7. The molecular weight excluding hydrogens is 388 g/mol. The molecule has 0 heterocycles. The Kier molecular flexibility index (Phi) is 5.72. The predicted molar refractivity (Wildman–Crippen MR) is 121 cm³/mol. The minimum atomic E-state index is -0.426. The lowest BCUT2D eigenvalue weighted by Crippen LogP contribution is -1.96. The molecule has 5 nitrogen and oxygen atoms in total. The molecule has 0 fully saturated rings. The van der Waals surface area contributed by atoms with Crippen molar-refractivity contribution in [1.82, 2.24) is 0 Å². The lowest BCUT2D eigenvalue weighted by Gasteiger charge is -2.07. The number of nitriles is 1. The van der Waals surface area contributed by atoms with Gasteiger partial charge in [-0.05, 0) is 63.9 Å². The van der Waals surface area contributed by atoms with Gasteiger partial charge in [-0.25, -0.2) is 0 Å². The number of hydrogen-bond acceptors (Lipinski definition) is 4. The molecule has 0 aromatic heterocycles. The Morgan fingerprint density at radius 3 is 2.32 bits per heavy atom. The first-order valence-corrected chi connectivity index (χ1v) is 9.69. The minimum absolute atomic E-state index is 0.0552. The van der Waals surface area contributed by atoms with Gasteiger partial charge >= 0.3 is 0 Å². The molecular formula is C26H18N2O3. The summed E-state index contributed by atoms with van der Waals surface area (Å²) in [5, 5.41) is 22.6. The molecule has 150 valence electrons. The van der Waals surface area contributed by atoms with E-state index in [0.29, 0.717) is 17.9 Å². The van der Waals surface area contributed by atoms with E-state index in [1.54, 1.807) is 12.1 Å². The molecule has 0 aliphatic heterocycles. The van der Waals surface area contributed by atoms with Crippen LogP contribution in [0.1, 0.15) is 16.7 Å². The smallest absolute Gasteiger partial charge is 0.269 e. The Morgan fingerprint density at radius 1 is 0.935 bits per heavy atom. The first-order chi connectivity index (χ1) is 15.1. The van der Waals surface area contributed by atoms with Crippen LogP contribution in [0.3, 0.4) is 0 Å². The van der Waals surface area contributed by atoms with Crippen LogP contribution < -0.4 is 4.74 Å². The highest BCUT2D eigenvalue weighted by atomic mass is 16.6. The Hall–Kier alpha value is -4.43. The van der Waals surface area contributed by atoms with Gasteiger partial charge in [0.05, 0.1) is 16.6 Å². The van der Waals surface area contributed by atoms with Crippen molar-refractivity contribution in [3.63, 3.8) is 0 Å². The monoisotopic (exact) mass is 406 g/mol. The zero-order valence-electron chi connectivity index (χ0n) is 16.6. The zero-order valence-corrected chi connectivity index (χ0v) is 16.6. The highest BCUT2D eigenvalue weighted by Crippen LogP contribution is 2.24. The lowest BCUT2D eigenvalue weighted by molar-refractivity contribution is -0.384. The Bertz CT molecular complexity index is 1300. The standard InChI is InChI=1S/C26H18N2O3/c27-17-24(23-10-9-21-3-1-2-4-22(21)16-23)15-19-7-13-26(14-8-19)31-18-20-5-11-25(12-6-20)28(29)30/h1-16H,18H2/b24-15-. The molecule has 0 atom stereocenters. The van der Waals surface area contributed by atoms with Gasteiger partial charge in [0.2, 0.25) is 0 Å². The quantitative estimate of drug-likeness (QED) is 0.161. The highest BCUT2D eigenvalue weighted by Gasteiger charge is 2.05. The minimum Gasteiger partial charge on any atom is -0.489 e. The van der Waals surface area contributed by atoms with Crippen molar-refractivity contribution in [3.8, 4) is 11.8 Å². The van der Waals surface area contributed by atoms with Gasteiger partial charge in [-0.15, -0.1) is 0 Å². The molecule has 0 aliphatic rings. The second-order valence-electron chi connectivity index (χ2n) is 7.01. The third kappa shape index (κ3) is 4.77. The van der Waals surface area contributed by atoms with Gasteiger partial charge in [-0.3, -0.25) is 10.1 Å². The molecule has 0 aliphatic carbocycles. The van der Waals surface area contributed by atoms with Gasteiger partial charge in [-0.1, -0.05) is 48.5 Å². The van der Waals surface area contributed by atoms with E-state index in [4.69, 9.17) is 4.74 Å². The number of allylic oxidation sites excluding steroid dienone is 1. The number of nitro groups is 1. The fraction of sp³-hybridized carbons (Fsp3) is 0.0385. The van der Waals surface area contributed by atoms with Gasteiger partial charge in [0.25, 0.3) is 5.69 Å². The molecule has 0 spiro atoms. The van der Waals surface area contributed by atoms with Gasteiger partial charge in [0.1, 0.15) is 12.4 Å². The highest BCUT2D eigenvalue weighted by molar-refractivity contribution is 5.94. The second kappa shape index (κ2) is 8.93. The largest absolute Gasteiger partial charge is 0.489 e. The molecule has 0 amide bonds. The summed E-state index contributed by atoms with van der Waals surface area (Å²) in [6.45, 7) is 0.313. The molecule has 31 heavy (non-hydrogen) atoms. The summed E-state index contributed by atoms with van der Waals surface area (Å²) in [7, 11) is 0. The number of ether oxygens (including phenoxy) is 1. The summed E-state index contributed by atoms with van der Waals surface area (Å²) < 4.78 is 5.76. The summed E-state index contributed by atoms with van der Waals surface area (Å²) in [5.74, 6) is 0.680. The third-order valence-electron chi connectivity index (χ3n) is 4.92. The van der Waals surface area contributed by atoms with Crippen LogP contribution in [0, 0.1) is 21.4 Å². The zero-order chi connectivity index (χ0) is 21.6. The van der Waals surface area contributed by atoms with E-state index in [1.165, 1.54) is 12.1 Å². The van der Waals surface area contributed by atoms with Crippen molar-refractivity contribution in [2.75, 3.05) is 0 Å². The third-order valence-corrected chi connectivity index (χ3v) is 4.92. The molecule has 0 saturated heterocycles. The number of benzene rings is 4. The molecule has 4 aromatic carbocycles. The van der Waals surface area contributed by atoms with Gasteiger partial charge < -0.3 is 4.74 Å². The van der Waals surface area contributed by atoms with Crippen molar-refractivity contribution in [3.05, 3.63) is 118 Å². The first-order valence-electron chi connectivity index (χ1n) is 9.69. The maximum Gasteiger partial charge on any atom is 0.269 e.